The molecule has 0 N–H and O–H groups in total. The Morgan fingerprint density at radius 3 is 2.69 bits per heavy atom. The molecule has 0 aromatic carbocycles. The summed E-state index contributed by atoms with van der Waals surface area (Å²) in [7, 11) is 0. The predicted molar refractivity (Wildman–Crippen MR) is 54.3 cm³/mol. The predicted octanol–water partition coefficient (Wildman–Crippen LogP) is 3.26. The Labute approximate surface area is 95.2 Å². The van der Waals surface area contributed by atoms with Crippen molar-refractivity contribution < 1.29 is 8.78 Å². The quantitative estimate of drug-likeness (QED) is 0.722. The number of aromatic nitrogens is 1. The number of halogens is 4. The van der Waals surface area contributed by atoms with Gasteiger partial charge in [-0.25, -0.2) is 13.8 Å². The molecule has 6 heteroatoms. The second kappa shape index (κ2) is 4.28. The molecule has 0 fully saturated rings. The van der Waals surface area contributed by atoms with Gasteiger partial charge >= 0.3 is 0 Å². The van der Waals surface area contributed by atoms with Gasteiger partial charge in [-0.2, -0.15) is 5.26 Å². The van der Waals surface area contributed by atoms with E-state index in [1.54, 1.807) is 6.07 Å². The van der Waals surface area contributed by atoms with Crippen LogP contribution < -0.4 is 0 Å². The average Bonchev–Trinajstić information content (AvgIpc) is 2.08. The van der Waals surface area contributed by atoms with Crippen molar-refractivity contribution in [3.05, 3.63) is 25.5 Å². The lowest BCUT2D eigenvalue weighted by molar-refractivity contribution is 0.149. The minimum Gasteiger partial charge on any atom is -0.244 e. The van der Waals surface area contributed by atoms with Crippen LogP contribution in [0.15, 0.2) is 10.7 Å². The highest BCUT2D eigenvalue weighted by atomic mass is 127. The van der Waals surface area contributed by atoms with Gasteiger partial charge in [-0.1, -0.05) is 0 Å². The fourth-order valence-corrected chi connectivity index (χ4v) is 1.66. The monoisotopic (exact) mass is 358 g/mol. The smallest absolute Gasteiger partial charge is 0.244 e. The molecule has 0 spiro atoms. The Bertz CT molecular complexity index is 375. The van der Waals surface area contributed by atoms with Gasteiger partial charge in [0.1, 0.15) is 6.07 Å². The zero-order valence-corrected chi connectivity index (χ0v) is 9.80. The molecule has 0 saturated heterocycles. The van der Waals surface area contributed by atoms with Gasteiger partial charge < -0.3 is 0 Å². The molecule has 0 unspecified atom stereocenters. The molecule has 0 aliphatic heterocycles. The highest BCUT2D eigenvalue weighted by Gasteiger charge is 2.19. The van der Waals surface area contributed by atoms with E-state index in [9.17, 15) is 8.78 Å². The summed E-state index contributed by atoms with van der Waals surface area (Å²) in [6, 6.07) is 1.62. The van der Waals surface area contributed by atoms with Crippen LogP contribution in [0, 0.1) is 14.9 Å². The zero-order valence-electron chi connectivity index (χ0n) is 6.06. The second-order valence-corrected chi connectivity index (χ2v) is 4.05. The molecule has 0 amide bonds. The van der Waals surface area contributed by atoms with Gasteiger partial charge in [0.05, 0.1) is 5.56 Å². The fourth-order valence-electron chi connectivity index (χ4n) is 0.768. The fraction of sp³-hybridized carbons (Fsp3) is 0.143. The average molecular weight is 359 g/mol. The normalized spacial score (nSPS) is 10.2. The molecule has 1 aromatic heterocycles. The molecule has 0 radical (unpaired) electrons. The summed E-state index contributed by atoms with van der Waals surface area (Å²) in [6.45, 7) is 0. The van der Waals surface area contributed by atoms with Crippen LogP contribution in [-0.2, 0) is 0 Å². The molecule has 68 valence electrons. The molecule has 1 aromatic rings. The van der Waals surface area contributed by atoms with Crippen molar-refractivity contribution >= 4 is 38.5 Å². The van der Waals surface area contributed by atoms with Crippen LogP contribution in [-0.4, -0.2) is 4.98 Å². The van der Waals surface area contributed by atoms with Crippen molar-refractivity contribution in [3.8, 4) is 6.07 Å². The first-order valence-electron chi connectivity index (χ1n) is 3.10. The van der Waals surface area contributed by atoms with Crippen molar-refractivity contribution in [2.75, 3.05) is 0 Å². The largest absolute Gasteiger partial charge is 0.267 e. The first-order chi connectivity index (χ1) is 6.07. The molecule has 2 nitrogen and oxygen atoms in total. The highest BCUT2D eigenvalue weighted by molar-refractivity contribution is 14.1. The standard InChI is InChI=1S/C7H2BrF2IN2/c8-6-3(11)2-13-4(1-12)5(6)7(9)10/h2,7H. The van der Waals surface area contributed by atoms with Gasteiger partial charge in [0.15, 0.2) is 5.69 Å². The lowest BCUT2D eigenvalue weighted by atomic mass is 10.2. The third-order valence-electron chi connectivity index (χ3n) is 1.33. The number of nitrogens with zero attached hydrogens (tertiary/aromatic N) is 2. The topological polar surface area (TPSA) is 36.7 Å². The SMILES string of the molecule is N#Cc1ncc(I)c(Br)c1C(F)F. The number of hydrogen-bond acceptors (Lipinski definition) is 2. The molecule has 1 rings (SSSR count). The molecular formula is C7H2BrF2IN2. The first-order valence-corrected chi connectivity index (χ1v) is 4.97. The van der Waals surface area contributed by atoms with Gasteiger partial charge in [-0.05, 0) is 38.5 Å². The van der Waals surface area contributed by atoms with E-state index in [2.05, 4.69) is 20.9 Å². The van der Waals surface area contributed by atoms with Crippen LogP contribution in [0.1, 0.15) is 17.7 Å². The van der Waals surface area contributed by atoms with Crippen molar-refractivity contribution in [1.29, 1.82) is 5.26 Å². The summed E-state index contributed by atoms with van der Waals surface area (Å²) in [4.78, 5) is 3.60. The molecule has 0 aliphatic rings. The van der Waals surface area contributed by atoms with Gasteiger partial charge in [-0.3, -0.25) is 0 Å². The van der Waals surface area contributed by atoms with E-state index < -0.39 is 6.43 Å². The van der Waals surface area contributed by atoms with Gasteiger partial charge in [0.25, 0.3) is 6.43 Å². The summed E-state index contributed by atoms with van der Waals surface area (Å²) >= 11 is 4.86. The molecule has 1 heterocycles. The van der Waals surface area contributed by atoms with E-state index in [0.717, 1.165) is 0 Å². The van der Waals surface area contributed by atoms with E-state index in [1.165, 1.54) is 6.20 Å². The van der Waals surface area contributed by atoms with Gasteiger partial charge in [0.2, 0.25) is 0 Å². The van der Waals surface area contributed by atoms with Gasteiger partial charge in [0, 0.05) is 14.2 Å². The summed E-state index contributed by atoms with van der Waals surface area (Å²) in [5.74, 6) is 0. The van der Waals surface area contributed by atoms with Crippen molar-refractivity contribution in [3.63, 3.8) is 0 Å². The van der Waals surface area contributed by atoms with Crippen LogP contribution in [0.4, 0.5) is 8.78 Å². The Morgan fingerprint density at radius 1 is 1.62 bits per heavy atom. The zero-order chi connectivity index (χ0) is 10.0. The number of nitriles is 1. The van der Waals surface area contributed by atoms with Crippen LogP contribution in [0.25, 0.3) is 0 Å². The maximum Gasteiger partial charge on any atom is 0.267 e. The van der Waals surface area contributed by atoms with E-state index in [0.29, 0.717) is 3.57 Å². The molecule has 0 bridgehead atoms. The summed E-state index contributed by atoms with van der Waals surface area (Å²) in [5, 5.41) is 8.51. The number of pyridine rings is 1. The summed E-state index contributed by atoms with van der Waals surface area (Å²) in [5.41, 5.74) is -0.573. The molecular weight excluding hydrogens is 357 g/mol. The Kier molecular flexibility index (Phi) is 3.55. The lowest BCUT2D eigenvalue weighted by Gasteiger charge is -2.05. The molecule has 13 heavy (non-hydrogen) atoms. The third-order valence-corrected chi connectivity index (χ3v) is 3.75. The molecule has 0 saturated carbocycles. The molecule has 0 aliphatic carbocycles. The number of hydrogen-bond donors (Lipinski definition) is 0. The van der Waals surface area contributed by atoms with Crippen LogP contribution in [0.3, 0.4) is 0 Å². The van der Waals surface area contributed by atoms with Crippen molar-refractivity contribution in [2.24, 2.45) is 0 Å². The van der Waals surface area contributed by atoms with Crippen LogP contribution >= 0.6 is 38.5 Å². The Hall–Kier alpha value is -0.290. The second-order valence-electron chi connectivity index (χ2n) is 2.09. The summed E-state index contributed by atoms with van der Waals surface area (Å²) in [6.07, 6.45) is -1.32. The van der Waals surface area contributed by atoms with E-state index in [4.69, 9.17) is 5.26 Å². The first kappa shape index (κ1) is 10.8. The maximum atomic E-state index is 12.4. The van der Waals surface area contributed by atoms with E-state index in [-0.39, 0.29) is 15.7 Å². The number of alkyl halides is 2. The minimum absolute atomic E-state index is 0.234. The van der Waals surface area contributed by atoms with Crippen molar-refractivity contribution in [2.45, 2.75) is 6.43 Å². The van der Waals surface area contributed by atoms with Crippen LogP contribution in [0.2, 0.25) is 0 Å². The van der Waals surface area contributed by atoms with Gasteiger partial charge in [-0.15, -0.1) is 0 Å². The maximum absolute atomic E-state index is 12.4. The lowest BCUT2D eigenvalue weighted by Crippen LogP contribution is -1.97. The van der Waals surface area contributed by atoms with Crippen molar-refractivity contribution in [1.82, 2.24) is 4.98 Å². The Morgan fingerprint density at radius 2 is 2.23 bits per heavy atom. The third kappa shape index (κ3) is 2.14. The van der Waals surface area contributed by atoms with E-state index in [1.807, 2.05) is 22.6 Å². The number of rotatable bonds is 1. The highest BCUT2D eigenvalue weighted by Crippen LogP contribution is 2.32. The Balaban J connectivity index is 3.43. The summed E-state index contributed by atoms with van der Waals surface area (Å²) < 4.78 is 25.7. The molecule has 0 atom stereocenters. The minimum atomic E-state index is -2.69. The van der Waals surface area contributed by atoms with E-state index >= 15 is 0 Å². The van der Waals surface area contributed by atoms with Crippen LogP contribution in [0.5, 0.6) is 0 Å².